The molecule has 2 heterocycles. The Kier molecular flexibility index (Phi) is 5.87. The van der Waals surface area contributed by atoms with Crippen LogP contribution in [0.2, 0.25) is 0 Å². The number of carbonyl (C=O) groups excluding carboxylic acids is 1. The molecule has 0 atom stereocenters. The molecule has 7 nitrogen and oxygen atoms in total. The molecule has 3 rings (SSSR count). The predicted octanol–water partition coefficient (Wildman–Crippen LogP) is 3.18. The molecule has 3 N–H and O–H groups in total. The zero-order chi connectivity index (χ0) is 21.0. The number of carbonyl (C=O) groups is 1. The van der Waals surface area contributed by atoms with Gasteiger partial charge in [0.15, 0.2) is 5.82 Å². The number of amides is 1. The van der Waals surface area contributed by atoms with E-state index in [2.05, 4.69) is 27.0 Å². The fourth-order valence-corrected chi connectivity index (χ4v) is 2.81. The van der Waals surface area contributed by atoms with Gasteiger partial charge in [-0.25, -0.2) is 9.67 Å². The standard InChI is InChI=1S/C22H24N6O/c1-14(2)21(28-13-15(3)11-26-28)27-20(23)16(4)22(29)25-12-19-18-8-6-5-7-17(18)9-10-24-19/h5-11,13H,4,12H2,1-3H3,(H2,23,27)(H,25,29). The summed E-state index contributed by atoms with van der Waals surface area (Å²) in [6, 6.07) is 9.82. The van der Waals surface area contributed by atoms with Gasteiger partial charge >= 0.3 is 0 Å². The minimum atomic E-state index is -0.397. The van der Waals surface area contributed by atoms with Crippen LogP contribution in [-0.4, -0.2) is 26.5 Å². The van der Waals surface area contributed by atoms with E-state index in [-0.39, 0.29) is 18.0 Å². The maximum atomic E-state index is 12.5. The Hall–Kier alpha value is -3.74. The number of benzene rings is 1. The molecule has 1 aromatic carbocycles. The molecule has 0 fully saturated rings. The number of hydrogen-bond acceptors (Lipinski definition) is 4. The van der Waals surface area contributed by atoms with Crippen molar-refractivity contribution in [2.45, 2.75) is 27.3 Å². The fourth-order valence-electron chi connectivity index (χ4n) is 2.81. The van der Waals surface area contributed by atoms with Crippen molar-refractivity contribution >= 4 is 28.3 Å². The lowest BCUT2D eigenvalue weighted by molar-refractivity contribution is -0.117. The molecule has 29 heavy (non-hydrogen) atoms. The number of allylic oxidation sites excluding steroid dienone is 1. The maximum absolute atomic E-state index is 12.5. The van der Waals surface area contributed by atoms with E-state index in [9.17, 15) is 4.79 Å². The summed E-state index contributed by atoms with van der Waals surface area (Å²) in [5, 5.41) is 9.13. The summed E-state index contributed by atoms with van der Waals surface area (Å²) in [5.41, 5.74) is 8.83. The van der Waals surface area contributed by atoms with E-state index in [1.165, 1.54) is 0 Å². The van der Waals surface area contributed by atoms with Gasteiger partial charge in [-0.3, -0.25) is 9.78 Å². The highest BCUT2D eigenvalue weighted by atomic mass is 16.1. The number of aromatic nitrogens is 3. The molecule has 0 aliphatic rings. The lowest BCUT2D eigenvalue weighted by Gasteiger charge is -2.10. The molecule has 0 unspecified atom stereocenters. The number of fused-ring (bicyclic) bond motifs is 1. The van der Waals surface area contributed by atoms with Crippen LogP contribution in [-0.2, 0) is 11.3 Å². The van der Waals surface area contributed by atoms with Crippen LogP contribution in [0.4, 0.5) is 0 Å². The van der Waals surface area contributed by atoms with Crippen molar-refractivity contribution in [1.29, 1.82) is 0 Å². The van der Waals surface area contributed by atoms with Crippen molar-refractivity contribution in [2.24, 2.45) is 10.7 Å². The molecule has 1 amide bonds. The van der Waals surface area contributed by atoms with Crippen LogP contribution in [0.5, 0.6) is 0 Å². The zero-order valence-corrected chi connectivity index (χ0v) is 16.8. The zero-order valence-electron chi connectivity index (χ0n) is 16.8. The average Bonchev–Trinajstić information content (AvgIpc) is 3.14. The third-order valence-corrected chi connectivity index (χ3v) is 4.36. The van der Waals surface area contributed by atoms with Gasteiger partial charge in [-0.2, -0.15) is 5.10 Å². The Labute approximate surface area is 169 Å². The quantitative estimate of drug-likeness (QED) is 0.385. The molecule has 0 radical (unpaired) electrons. The highest BCUT2D eigenvalue weighted by Crippen LogP contribution is 2.16. The molecule has 2 aromatic heterocycles. The van der Waals surface area contributed by atoms with Crippen molar-refractivity contribution < 1.29 is 4.79 Å². The molecule has 0 aliphatic carbocycles. The Morgan fingerprint density at radius 3 is 2.72 bits per heavy atom. The highest BCUT2D eigenvalue weighted by molar-refractivity contribution is 6.20. The average molecular weight is 388 g/mol. The molecule has 0 bridgehead atoms. The fraction of sp³-hybridized carbons (Fsp3) is 0.182. The van der Waals surface area contributed by atoms with Crippen LogP contribution in [0.3, 0.4) is 0 Å². The monoisotopic (exact) mass is 388 g/mol. The first-order chi connectivity index (χ1) is 13.9. The molecule has 148 valence electrons. The number of aliphatic imine (C=N–C) groups is 1. The maximum Gasteiger partial charge on any atom is 0.254 e. The number of rotatable bonds is 6. The summed E-state index contributed by atoms with van der Waals surface area (Å²) in [6.07, 6.45) is 5.29. The van der Waals surface area contributed by atoms with E-state index in [1.807, 2.05) is 57.3 Å². The van der Waals surface area contributed by atoms with E-state index in [0.29, 0.717) is 5.82 Å². The Balaban J connectivity index is 1.74. The number of aryl methyl sites for hydroxylation is 1. The molecule has 0 saturated heterocycles. The molecule has 0 spiro atoms. The topological polar surface area (TPSA) is 98.2 Å². The summed E-state index contributed by atoms with van der Waals surface area (Å²) < 4.78 is 1.63. The van der Waals surface area contributed by atoms with Gasteiger partial charge in [0.25, 0.3) is 5.91 Å². The summed E-state index contributed by atoms with van der Waals surface area (Å²) in [4.78, 5) is 21.3. The van der Waals surface area contributed by atoms with Gasteiger partial charge in [-0.1, -0.05) is 30.8 Å². The van der Waals surface area contributed by atoms with Crippen LogP contribution in [0, 0.1) is 6.92 Å². The third kappa shape index (κ3) is 4.57. The van der Waals surface area contributed by atoms with Crippen LogP contribution in [0.15, 0.2) is 71.6 Å². The number of nitrogens with zero attached hydrogens (tertiary/aromatic N) is 4. The second-order valence-electron chi connectivity index (χ2n) is 6.92. The van der Waals surface area contributed by atoms with Gasteiger partial charge in [0, 0.05) is 17.8 Å². The van der Waals surface area contributed by atoms with Crippen molar-refractivity contribution in [1.82, 2.24) is 20.1 Å². The number of amidine groups is 1. The first-order valence-electron chi connectivity index (χ1n) is 9.20. The summed E-state index contributed by atoms with van der Waals surface area (Å²) in [5.74, 6) is 0.198. The van der Waals surface area contributed by atoms with E-state index in [0.717, 1.165) is 27.6 Å². The summed E-state index contributed by atoms with van der Waals surface area (Å²) in [7, 11) is 0. The first kappa shape index (κ1) is 20.0. The second-order valence-corrected chi connectivity index (χ2v) is 6.92. The van der Waals surface area contributed by atoms with Crippen LogP contribution in [0.25, 0.3) is 16.6 Å². The normalized spacial score (nSPS) is 11.3. The molecular formula is C22H24N6O. The summed E-state index contributed by atoms with van der Waals surface area (Å²) in [6.45, 7) is 9.80. The van der Waals surface area contributed by atoms with Gasteiger partial charge in [0.2, 0.25) is 0 Å². The number of pyridine rings is 1. The van der Waals surface area contributed by atoms with Crippen molar-refractivity contribution in [3.8, 4) is 0 Å². The molecule has 7 heteroatoms. The minimum Gasteiger partial charge on any atom is -0.383 e. The smallest absolute Gasteiger partial charge is 0.254 e. The SMILES string of the molecule is C=C(C(=O)NCc1nccc2ccccc12)/C(N)=N\C(=C(C)C)n1cc(C)cn1. The van der Waals surface area contributed by atoms with E-state index < -0.39 is 5.91 Å². The molecule has 0 aliphatic heterocycles. The predicted molar refractivity (Wildman–Crippen MR) is 116 cm³/mol. The third-order valence-electron chi connectivity index (χ3n) is 4.36. The minimum absolute atomic E-state index is 0.0396. The second kappa shape index (κ2) is 8.52. The van der Waals surface area contributed by atoms with Gasteiger partial charge < -0.3 is 11.1 Å². The Morgan fingerprint density at radius 2 is 2.03 bits per heavy atom. The molecule has 3 aromatic rings. The highest BCUT2D eigenvalue weighted by Gasteiger charge is 2.14. The van der Waals surface area contributed by atoms with Gasteiger partial charge in [-0.05, 0) is 43.4 Å². The number of hydrogen-bond donors (Lipinski definition) is 2. The lowest BCUT2D eigenvalue weighted by atomic mass is 10.1. The Bertz CT molecular complexity index is 1130. The van der Waals surface area contributed by atoms with Crippen molar-refractivity contribution in [3.05, 3.63) is 77.9 Å². The molecule has 0 saturated carbocycles. The number of nitrogens with one attached hydrogen (secondary N) is 1. The molecular weight excluding hydrogens is 364 g/mol. The Morgan fingerprint density at radius 1 is 1.28 bits per heavy atom. The van der Waals surface area contributed by atoms with Gasteiger partial charge in [0.05, 0.1) is 24.0 Å². The van der Waals surface area contributed by atoms with Crippen molar-refractivity contribution in [2.75, 3.05) is 0 Å². The van der Waals surface area contributed by atoms with Crippen LogP contribution in [0.1, 0.15) is 25.1 Å². The first-order valence-corrected chi connectivity index (χ1v) is 9.20. The summed E-state index contributed by atoms with van der Waals surface area (Å²) >= 11 is 0. The van der Waals surface area contributed by atoms with Crippen LogP contribution < -0.4 is 11.1 Å². The largest absolute Gasteiger partial charge is 0.383 e. The van der Waals surface area contributed by atoms with E-state index in [4.69, 9.17) is 5.73 Å². The van der Waals surface area contributed by atoms with E-state index in [1.54, 1.807) is 17.1 Å². The number of nitrogens with two attached hydrogens (primary N) is 1. The van der Waals surface area contributed by atoms with Gasteiger partial charge in [-0.15, -0.1) is 0 Å². The van der Waals surface area contributed by atoms with Crippen LogP contribution >= 0.6 is 0 Å². The van der Waals surface area contributed by atoms with E-state index >= 15 is 0 Å². The van der Waals surface area contributed by atoms with Crippen molar-refractivity contribution in [3.63, 3.8) is 0 Å². The lowest BCUT2D eigenvalue weighted by Crippen LogP contribution is -2.31. The van der Waals surface area contributed by atoms with Gasteiger partial charge in [0.1, 0.15) is 5.84 Å².